The number of fused-ring (bicyclic) bond motifs is 1. The Balaban J connectivity index is 1.45. The average molecular weight is 411 g/mol. The number of amides is 1. The molecule has 9 heteroatoms. The van der Waals surface area contributed by atoms with E-state index < -0.39 is 0 Å². The van der Waals surface area contributed by atoms with Gasteiger partial charge in [0.05, 0.1) is 19.3 Å². The van der Waals surface area contributed by atoms with Crippen molar-refractivity contribution in [2.75, 3.05) is 12.4 Å². The zero-order chi connectivity index (χ0) is 21.3. The highest BCUT2D eigenvalue weighted by molar-refractivity contribution is 5.92. The Hall–Kier alpha value is -3.36. The van der Waals surface area contributed by atoms with Crippen LogP contribution in [0, 0.1) is 19.8 Å². The van der Waals surface area contributed by atoms with E-state index in [1.165, 1.54) is 4.68 Å². The maximum absolute atomic E-state index is 12.9. The summed E-state index contributed by atoms with van der Waals surface area (Å²) in [5, 5.41) is 11.4. The molecule has 0 bridgehead atoms. The first-order valence-corrected chi connectivity index (χ1v) is 9.99. The zero-order valence-corrected chi connectivity index (χ0v) is 17.3. The van der Waals surface area contributed by atoms with Crippen molar-refractivity contribution >= 4 is 11.6 Å². The first-order chi connectivity index (χ1) is 14.5. The smallest absolute Gasteiger partial charge is 0.346 e. The Labute approximate surface area is 173 Å². The minimum absolute atomic E-state index is 0.0509. The fourth-order valence-electron chi connectivity index (χ4n) is 3.82. The molecule has 30 heavy (non-hydrogen) atoms. The number of carbonyl (C=O) groups is 1. The van der Waals surface area contributed by atoms with Crippen LogP contribution >= 0.6 is 0 Å². The van der Waals surface area contributed by atoms with Gasteiger partial charge in [-0.25, -0.2) is 9.48 Å². The summed E-state index contributed by atoms with van der Waals surface area (Å²) >= 11 is 0. The second kappa shape index (κ2) is 8.17. The molecule has 0 saturated heterocycles. The molecule has 1 aromatic carbocycles. The number of carbonyl (C=O) groups excluding carboxylic acids is 1. The van der Waals surface area contributed by atoms with Gasteiger partial charge in [-0.15, -0.1) is 0 Å². The van der Waals surface area contributed by atoms with Gasteiger partial charge in [0.15, 0.2) is 0 Å². The van der Waals surface area contributed by atoms with Crippen molar-refractivity contribution in [2.45, 2.75) is 46.2 Å². The number of rotatable bonds is 5. The molecule has 9 nitrogen and oxygen atoms in total. The second-order valence-electron chi connectivity index (χ2n) is 7.56. The van der Waals surface area contributed by atoms with Crippen molar-refractivity contribution in [3.8, 4) is 5.75 Å². The predicted molar refractivity (Wildman–Crippen MR) is 110 cm³/mol. The number of nitrogens with zero attached hydrogens (tertiary/aromatic N) is 4. The van der Waals surface area contributed by atoms with Crippen LogP contribution < -0.4 is 15.7 Å². The van der Waals surface area contributed by atoms with E-state index in [0.29, 0.717) is 55.4 Å². The molecule has 1 atom stereocenters. The van der Waals surface area contributed by atoms with Gasteiger partial charge in [-0.2, -0.15) is 5.10 Å². The molecule has 1 unspecified atom stereocenters. The number of hydrogen-bond acceptors (Lipinski definition) is 6. The molecule has 0 radical (unpaired) electrons. The Bertz CT molecular complexity index is 1110. The molecule has 1 aliphatic rings. The number of hydrogen-bond donors (Lipinski definition) is 1. The van der Waals surface area contributed by atoms with Crippen molar-refractivity contribution in [1.82, 2.24) is 19.5 Å². The van der Waals surface area contributed by atoms with Crippen LogP contribution in [0.15, 0.2) is 33.6 Å². The Morgan fingerprint density at radius 1 is 1.33 bits per heavy atom. The van der Waals surface area contributed by atoms with E-state index in [1.807, 2.05) is 32.0 Å². The zero-order valence-electron chi connectivity index (χ0n) is 17.3. The van der Waals surface area contributed by atoms with E-state index >= 15 is 0 Å². The third-order valence-electron chi connectivity index (χ3n) is 5.61. The van der Waals surface area contributed by atoms with E-state index in [4.69, 9.17) is 9.26 Å². The summed E-state index contributed by atoms with van der Waals surface area (Å²) in [4.78, 5) is 25.6. The average Bonchev–Trinajstić information content (AvgIpc) is 3.11. The molecule has 0 fully saturated rings. The highest BCUT2D eigenvalue weighted by Crippen LogP contribution is 2.22. The Morgan fingerprint density at radius 2 is 2.17 bits per heavy atom. The number of benzene rings is 1. The molecule has 0 spiro atoms. The van der Waals surface area contributed by atoms with E-state index in [-0.39, 0.29) is 17.5 Å². The fourth-order valence-corrected chi connectivity index (χ4v) is 3.82. The van der Waals surface area contributed by atoms with Gasteiger partial charge in [-0.05, 0) is 38.8 Å². The molecule has 158 valence electrons. The predicted octanol–water partition coefficient (Wildman–Crippen LogP) is 2.30. The molecule has 1 aliphatic heterocycles. The monoisotopic (exact) mass is 411 g/mol. The van der Waals surface area contributed by atoms with Gasteiger partial charge >= 0.3 is 5.69 Å². The lowest BCUT2D eigenvalue weighted by molar-refractivity contribution is -0.120. The van der Waals surface area contributed by atoms with Gasteiger partial charge in [0.2, 0.25) is 5.91 Å². The topological polar surface area (TPSA) is 104 Å². The molecule has 1 amide bonds. The van der Waals surface area contributed by atoms with Crippen LogP contribution in [-0.2, 0) is 24.3 Å². The minimum Gasteiger partial charge on any atom is -0.497 e. The van der Waals surface area contributed by atoms with Crippen LogP contribution in [0.5, 0.6) is 5.75 Å². The third kappa shape index (κ3) is 3.87. The summed E-state index contributed by atoms with van der Waals surface area (Å²) in [6, 6.07) is 7.27. The van der Waals surface area contributed by atoms with Crippen molar-refractivity contribution < 1.29 is 14.1 Å². The highest BCUT2D eigenvalue weighted by Gasteiger charge is 2.26. The SMILES string of the molecule is COc1cccc(NC(=O)C2CCc3nn(Cc4c(C)noc4C)c(=O)n3CC2)c1. The van der Waals surface area contributed by atoms with E-state index in [1.54, 1.807) is 17.7 Å². The molecule has 2 aromatic heterocycles. The van der Waals surface area contributed by atoms with Crippen LogP contribution in [0.3, 0.4) is 0 Å². The minimum atomic E-state index is -0.187. The normalized spacial score (nSPS) is 16.0. The number of anilines is 1. The van der Waals surface area contributed by atoms with Gasteiger partial charge in [-0.3, -0.25) is 9.36 Å². The van der Waals surface area contributed by atoms with Crippen LogP contribution in [0.4, 0.5) is 5.69 Å². The van der Waals surface area contributed by atoms with E-state index in [2.05, 4.69) is 15.6 Å². The highest BCUT2D eigenvalue weighted by atomic mass is 16.5. The molecule has 0 saturated carbocycles. The molecular formula is C21H25N5O4. The summed E-state index contributed by atoms with van der Waals surface area (Å²) in [5.74, 6) is 1.85. The number of nitrogens with one attached hydrogen (secondary N) is 1. The maximum atomic E-state index is 12.9. The van der Waals surface area contributed by atoms with Crippen molar-refractivity contribution in [3.05, 3.63) is 57.6 Å². The van der Waals surface area contributed by atoms with Crippen molar-refractivity contribution in [1.29, 1.82) is 0 Å². The summed E-state index contributed by atoms with van der Waals surface area (Å²) in [6.45, 7) is 4.47. The van der Waals surface area contributed by atoms with Gasteiger partial charge in [0.25, 0.3) is 0 Å². The molecule has 3 heterocycles. The van der Waals surface area contributed by atoms with Crippen LogP contribution in [-0.4, -0.2) is 32.5 Å². The molecule has 3 aromatic rings. The largest absolute Gasteiger partial charge is 0.497 e. The van der Waals surface area contributed by atoms with E-state index in [9.17, 15) is 9.59 Å². The van der Waals surface area contributed by atoms with Crippen LogP contribution in [0.25, 0.3) is 0 Å². The van der Waals surface area contributed by atoms with Crippen LogP contribution in [0.1, 0.15) is 35.7 Å². The maximum Gasteiger partial charge on any atom is 0.346 e. The molecular weight excluding hydrogens is 386 g/mol. The number of methoxy groups -OCH3 is 1. The number of ether oxygens (including phenoxy) is 1. The standard InChI is InChI=1S/C21H25N5O4/c1-13-18(14(2)30-24-13)12-26-21(28)25-10-9-15(7-8-19(25)23-26)20(27)22-16-5-4-6-17(11-16)29-3/h4-6,11,15H,7-10,12H2,1-3H3,(H,22,27). The number of aryl methyl sites for hydroxylation is 3. The summed E-state index contributed by atoms with van der Waals surface area (Å²) in [7, 11) is 1.59. The lowest BCUT2D eigenvalue weighted by Crippen LogP contribution is -2.28. The lowest BCUT2D eigenvalue weighted by atomic mass is 9.99. The van der Waals surface area contributed by atoms with Gasteiger partial charge in [0.1, 0.15) is 17.3 Å². The van der Waals surface area contributed by atoms with Crippen molar-refractivity contribution in [2.24, 2.45) is 5.92 Å². The fraction of sp³-hybridized carbons (Fsp3) is 0.429. The van der Waals surface area contributed by atoms with Gasteiger partial charge in [0, 0.05) is 36.2 Å². The Morgan fingerprint density at radius 3 is 2.90 bits per heavy atom. The summed E-state index contributed by atoms with van der Waals surface area (Å²) < 4.78 is 13.5. The number of aromatic nitrogens is 4. The first-order valence-electron chi connectivity index (χ1n) is 9.99. The summed E-state index contributed by atoms with van der Waals surface area (Å²) in [5.41, 5.74) is 2.17. The second-order valence-corrected chi connectivity index (χ2v) is 7.56. The quantitative estimate of drug-likeness (QED) is 0.691. The van der Waals surface area contributed by atoms with Gasteiger partial charge in [-0.1, -0.05) is 11.2 Å². The lowest BCUT2D eigenvalue weighted by Gasteiger charge is -2.14. The van der Waals surface area contributed by atoms with Crippen molar-refractivity contribution in [3.63, 3.8) is 0 Å². The third-order valence-corrected chi connectivity index (χ3v) is 5.61. The molecule has 0 aliphatic carbocycles. The molecule has 1 N–H and O–H groups in total. The van der Waals surface area contributed by atoms with E-state index in [0.717, 1.165) is 11.3 Å². The van der Waals surface area contributed by atoms with Gasteiger partial charge < -0.3 is 14.6 Å². The summed E-state index contributed by atoms with van der Waals surface area (Å²) in [6.07, 6.45) is 1.79. The van der Waals surface area contributed by atoms with Crippen LogP contribution in [0.2, 0.25) is 0 Å². The first kappa shape index (κ1) is 19.9. The Kier molecular flexibility index (Phi) is 5.43. The molecule has 4 rings (SSSR count).